The highest BCUT2D eigenvalue weighted by Crippen LogP contribution is 2.45. The molecule has 0 spiro atoms. The summed E-state index contributed by atoms with van der Waals surface area (Å²) in [7, 11) is 0. The average Bonchev–Trinajstić information content (AvgIpc) is 2.26. The van der Waals surface area contributed by atoms with E-state index in [1.807, 2.05) is 0 Å². The predicted molar refractivity (Wildman–Crippen MR) is 73.5 cm³/mol. The molecule has 0 heterocycles. The molecule has 17 heavy (non-hydrogen) atoms. The molecular formula is C16H29N. The van der Waals surface area contributed by atoms with Crippen LogP contribution in [0.4, 0.5) is 0 Å². The Hall–Kier alpha value is -0.510. The second-order valence-electron chi connectivity index (χ2n) is 7.53. The Balaban J connectivity index is 2.53. The fourth-order valence-electron chi connectivity index (χ4n) is 2.89. The molecule has 1 fully saturated rings. The Bertz CT molecular complexity index is 269. The van der Waals surface area contributed by atoms with Crippen LogP contribution in [-0.2, 0) is 0 Å². The van der Waals surface area contributed by atoms with Crippen molar-refractivity contribution in [3.8, 4) is 6.07 Å². The molecule has 0 aliphatic heterocycles. The van der Waals surface area contributed by atoms with Crippen LogP contribution in [0, 0.1) is 34.0 Å². The predicted octanol–water partition coefficient (Wildman–Crippen LogP) is 5.17. The van der Waals surface area contributed by atoms with Gasteiger partial charge in [-0.25, -0.2) is 0 Å². The van der Waals surface area contributed by atoms with Crippen LogP contribution in [0.25, 0.3) is 0 Å². The maximum Gasteiger partial charge on any atom is 0.0689 e. The Morgan fingerprint density at radius 1 is 1.24 bits per heavy atom. The minimum Gasteiger partial charge on any atom is -0.198 e. The highest BCUT2D eigenvalue weighted by Gasteiger charge is 2.36. The van der Waals surface area contributed by atoms with E-state index >= 15 is 0 Å². The van der Waals surface area contributed by atoms with Crippen molar-refractivity contribution in [1.29, 1.82) is 5.26 Å². The first kappa shape index (κ1) is 14.6. The van der Waals surface area contributed by atoms with Crippen molar-refractivity contribution < 1.29 is 0 Å². The van der Waals surface area contributed by atoms with Gasteiger partial charge in [-0.1, -0.05) is 34.6 Å². The summed E-state index contributed by atoms with van der Waals surface area (Å²) in [5.74, 6) is 1.64. The van der Waals surface area contributed by atoms with Crippen LogP contribution in [0.15, 0.2) is 0 Å². The van der Waals surface area contributed by atoms with E-state index in [9.17, 15) is 5.26 Å². The number of nitriles is 1. The molecule has 1 rings (SSSR count). The van der Waals surface area contributed by atoms with Crippen molar-refractivity contribution in [2.45, 2.75) is 73.1 Å². The first-order valence-electron chi connectivity index (χ1n) is 7.19. The van der Waals surface area contributed by atoms with Crippen LogP contribution in [0.1, 0.15) is 73.1 Å². The summed E-state index contributed by atoms with van der Waals surface area (Å²) < 4.78 is 0. The average molecular weight is 235 g/mol. The van der Waals surface area contributed by atoms with Crippen LogP contribution in [0.5, 0.6) is 0 Å². The van der Waals surface area contributed by atoms with Gasteiger partial charge in [-0.2, -0.15) is 5.26 Å². The molecule has 1 saturated carbocycles. The lowest BCUT2D eigenvalue weighted by atomic mass is 9.65. The van der Waals surface area contributed by atoms with E-state index in [4.69, 9.17) is 0 Å². The van der Waals surface area contributed by atoms with Crippen LogP contribution >= 0.6 is 0 Å². The molecule has 1 nitrogen and oxygen atoms in total. The van der Waals surface area contributed by atoms with Gasteiger partial charge in [-0.15, -0.1) is 0 Å². The molecular weight excluding hydrogens is 206 g/mol. The Kier molecular flexibility index (Phi) is 4.64. The third-order valence-electron chi connectivity index (χ3n) is 4.52. The van der Waals surface area contributed by atoms with Crippen molar-refractivity contribution in [3.05, 3.63) is 0 Å². The maximum absolute atomic E-state index is 9.51. The highest BCUT2D eigenvalue weighted by molar-refractivity contribution is 5.02. The number of hydrogen-bond acceptors (Lipinski definition) is 1. The second kappa shape index (κ2) is 5.42. The fourth-order valence-corrected chi connectivity index (χ4v) is 2.89. The van der Waals surface area contributed by atoms with E-state index < -0.39 is 0 Å². The molecule has 1 aliphatic carbocycles. The normalized spacial score (nSPS) is 30.3. The monoisotopic (exact) mass is 235 g/mol. The molecule has 0 atom stereocenters. The highest BCUT2D eigenvalue weighted by atomic mass is 14.4. The van der Waals surface area contributed by atoms with E-state index in [1.165, 1.54) is 19.3 Å². The van der Waals surface area contributed by atoms with Gasteiger partial charge in [0, 0.05) is 0 Å². The number of hydrogen-bond donors (Lipinski definition) is 0. The Morgan fingerprint density at radius 3 is 2.12 bits per heavy atom. The SMILES string of the molecule is CC(C)C1CCC(C#N)(CCC(C)(C)C)CC1. The van der Waals surface area contributed by atoms with Crippen LogP contribution in [-0.4, -0.2) is 0 Å². The quantitative estimate of drug-likeness (QED) is 0.662. The summed E-state index contributed by atoms with van der Waals surface area (Å²) in [5.41, 5.74) is 0.359. The smallest absolute Gasteiger partial charge is 0.0689 e. The number of rotatable bonds is 3. The van der Waals surface area contributed by atoms with Gasteiger partial charge < -0.3 is 0 Å². The molecule has 0 aromatic carbocycles. The summed E-state index contributed by atoms with van der Waals surface area (Å²) in [6, 6.07) is 2.65. The molecule has 0 saturated heterocycles. The van der Waals surface area contributed by atoms with Crippen molar-refractivity contribution in [3.63, 3.8) is 0 Å². The van der Waals surface area contributed by atoms with Crippen molar-refractivity contribution in [2.75, 3.05) is 0 Å². The zero-order valence-electron chi connectivity index (χ0n) is 12.3. The van der Waals surface area contributed by atoms with Gasteiger partial charge >= 0.3 is 0 Å². The lowest BCUT2D eigenvalue weighted by Crippen LogP contribution is -2.29. The fraction of sp³-hybridized carbons (Fsp3) is 0.938. The minimum absolute atomic E-state index is 0.00132. The first-order valence-corrected chi connectivity index (χ1v) is 7.19. The third kappa shape index (κ3) is 4.34. The van der Waals surface area contributed by atoms with E-state index in [-0.39, 0.29) is 5.41 Å². The lowest BCUT2D eigenvalue weighted by Gasteiger charge is -2.38. The molecule has 0 unspecified atom stereocenters. The summed E-state index contributed by atoms with van der Waals surface area (Å²) in [6.07, 6.45) is 7.04. The molecule has 98 valence electrons. The van der Waals surface area contributed by atoms with Gasteiger partial charge in [0.05, 0.1) is 11.5 Å². The van der Waals surface area contributed by atoms with E-state index in [1.54, 1.807) is 0 Å². The summed E-state index contributed by atoms with van der Waals surface area (Å²) in [5, 5.41) is 9.51. The van der Waals surface area contributed by atoms with Crippen LogP contribution in [0.3, 0.4) is 0 Å². The third-order valence-corrected chi connectivity index (χ3v) is 4.52. The Labute approximate surface area is 108 Å². The molecule has 1 heteroatoms. The van der Waals surface area contributed by atoms with Crippen molar-refractivity contribution >= 4 is 0 Å². The standard InChI is InChI=1S/C16H29N/c1-13(2)14-6-8-16(12-17,9-7-14)11-10-15(3,4)5/h13-14H,6-11H2,1-5H3. The van der Waals surface area contributed by atoms with Crippen LogP contribution < -0.4 is 0 Å². The number of nitrogens with zero attached hydrogens (tertiary/aromatic N) is 1. The molecule has 0 aromatic heterocycles. The topological polar surface area (TPSA) is 23.8 Å². The van der Waals surface area contributed by atoms with Gasteiger partial charge in [0.15, 0.2) is 0 Å². The largest absolute Gasteiger partial charge is 0.198 e. The molecule has 0 N–H and O–H groups in total. The molecule has 0 radical (unpaired) electrons. The first-order chi connectivity index (χ1) is 7.78. The maximum atomic E-state index is 9.51. The molecule has 0 amide bonds. The van der Waals surface area contributed by atoms with E-state index in [2.05, 4.69) is 40.7 Å². The van der Waals surface area contributed by atoms with Gasteiger partial charge in [-0.05, 0) is 55.8 Å². The minimum atomic E-state index is -0.00132. The molecule has 0 aromatic rings. The summed E-state index contributed by atoms with van der Waals surface area (Å²) in [4.78, 5) is 0. The molecule has 1 aliphatic rings. The van der Waals surface area contributed by atoms with Gasteiger partial charge in [-0.3, -0.25) is 0 Å². The van der Waals surface area contributed by atoms with Crippen molar-refractivity contribution in [2.24, 2.45) is 22.7 Å². The van der Waals surface area contributed by atoms with E-state index in [0.29, 0.717) is 5.41 Å². The zero-order chi connectivity index (χ0) is 13.1. The Morgan fingerprint density at radius 2 is 1.76 bits per heavy atom. The summed E-state index contributed by atoms with van der Waals surface area (Å²) in [6.45, 7) is 11.5. The van der Waals surface area contributed by atoms with E-state index in [0.717, 1.165) is 31.1 Å². The lowest BCUT2D eigenvalue weighted by molar-refractivity contribution is 0.149. The molecule has 0 bridgehead atoms. The van der Waals surface area contributed by atoms with Gasteiger partial charge in [0.1, 0.15) is 0 Å². The zero-order valence-corrected chi connectivity index (χ0v) is 12.3. The van der Waals surface area contributed by atoms with Gasteiger partial charge in [0.2, 0.25) is 0 Å². The van der Waals surface area contributed by atoms with Crippen molar-refractivity contribution in [1.82, 2.24) is 0 Å². The summed E-state index contributed by atoms with van der Waals surface area (Å²) >= 11 is 0. The second-order valence-corrected chi connectivity index (χ2v) is 7.53. The van der Waals surface area contributed by atoms with Crippen LogP contribution in [0.2, 0.25) is 0 Å². The van der Waals surface area contributed by atoms with Gasteiger partial charge in [0.25, 0.3) is 0 Å².